The van der Waals surface area contributed by atoms with Crippen LogP contribution >= 0.6 is 0 Å². The molecule has 6 heteroatoms. The number of benzene rings is 1. The van der Waals surface area contributed by atoms with Gasteiger partial charge in [0.2, 0.25) is 5.95 Å². The van der Waals surface area contributed by atoms with E-state index in [0.29, 0.717) is 24.8 Å². The van der Waals surface area contributed by atoms with Crippen LogP contribution in [0.15, 0.2) is 18.2 Å². The Hall–Kier alpha value is -1.98. The Bertz CT molecular complexity index is 658. The minimum Gasteiger partial charge on any atom is -0.354 e. The summed E-state index contributed by atoms with van der Waals surface area (Å²) >= 11 is 0. The third kappa shape index (κ3) is 2.01. The number of hydrogen-bond acceptors (Lipinski definition) is 3. The van der Waals surface area contributed by atoms with Gasteiger partial charge in [0.1, 0.15) is 11.6 Å². The predicted octanol–water partition coefficient (Wildman–Crippen LogP) is 3.23. The number of nitrogens with zero attached hydrogens (tertiary/aromatic N) is 3. The second kappa shape index (κ2) is 4.79. The number of aromatic nitrogens is 3. The van der Waals surface area contributed by atoms with Crippen LogP contribution in [0, 0.1) is 11.6 Å². The highest BCUT2D eigenvalue weighted by Gasteiger charge is 2.31. The summed E-state index contributed by atoms with van der Waals surface area (Å²) in [5.41, 5.74) is 0.0882. The molecule has 0 amide bonds. The molecule has 1 unspecified atom stereocenters. The maximum Gasteiger partial charge on any atom is 0.221 e. The fourth-order valence-corrected chi connectivity index (χ4v) is 3.06. The highest BCUT2D eigenvalue weighted by molar-refractivity contribution is 5.34. The molecule has 1 aromatic carbocycles. The van der Waals surface area contributed by atoms with Gasteiger partial charge in [-0.3, -0.25) is 0 Å². The van der Waals surface area contributed by atoms with Gasteiger partial charge in [0.25, 0.3) is 0 Å². The first kappa shape index (κ1) is 12.7. The molecule has 0 saturated heterocycles. The van der Waals surface area contributed by atoms with Gasteiger partial charge in [0.05, 0.1) is 6.04 Å². The van der Waals surface area contributed by atoms with E-state index in [4.69, 9.17) is 0 Å². The van der Waals surface area contributed by atoms with Crippen LogP contribution in [0.5, 0.6) is 0 Å². The minimum absolute atomic E-state index is 0.0882. The standard InChI is InChI=1S/C15H16F2N4/c16-10-5-2-6-11(17)13(10)12-7-8-18-15-19-14(20-21(12)15)9-3-1-4-9/h2,5-6,9,12H,1,3-4,7-8H2,(H,18,19,20). The van der Waals surface area contributed by atoms with Crippen molar-refractivity contribution in [3.05, 3.63) is 41.2 Å². The van der Waals surface area contributed by atoms with Crippen molar-refractivity contribution >= 4 is 5.95 Å². The Morgan fingerprint density at radius 2 is 1.90 bits per heavy atom. The summed E-state index contributed by atoms with van der Waals surface area (Å²) in [5, 5.41) is 7.69. The van der Waals surface area contributed by atoms with Gasteiger partial charge in [-0.2, -0.15) is 10.1 Å². The van der Waals surface area contributed by atoms with Crippen LogP contribution in [0.2, 0.25) is 0 Å². The first-order valence-electron chi connectivity index (χ1n) is 7.38. The topological polar surface area (TPSA) is 42.7 Å². The van der Waals surface area contributed by atoms with Gasteiger partial charge < -0.3 is 5.32 Å². The summed E-state index contributed by atoms with van der Waals surface area (Å²) in [5.74, 6) is 0.779. The van der Waals surface area contributed by atoms with E-state index < -0.39 is 17.7 Å². The van der Waals surface area contributed by atoms with Crippen molar-refractivity contribution in [1.29, 1.82) is 0 Å². The third-order valence-corrected chi connectivity index (χ3v) is 4.45. The molecule has 1 atom stereocenters. The largest absolute Gasteiger partial charge is 0.354 e. The van der Waals surface area contributed by atoms with Gasteiger partial charge in [0, 0.05) is 18.0 Å². The lowest BCUT2D eigenvalue weighted by Gasteiger charge is -2.25. The molecule has 2 aliphatic rings. The fraction of sp³-hybridized carbons (Fsp3) is 0.467. The smallest absolute Gasteiger partial charge is 0.221 e. The first-order valence-corrected chi connectivity index (χ1v) is 7.38. The van der Waals surface area contributed by atoms with E-state index in [1.807, 2.05) is 0 Å². The van der Waals surface area contributed by atoms with Crippen LogP contribution < -0.4 is 5.32 Å². The van der Waals surface area contributed by atoms with Crippen molar-refractivity contribution in [3.63, 3.8) is 0 Å². The molecule has 1 saturated carbocycles. The molecule has 2 heterocycles. The van der Waals surface area contributed by atoms with Crippen LogP contribution in [0.3, 0.4) is 0 Å². The molecule has 1 N–H and O–H groups in total. The highest BCUT2D eigenvalue weighted by Crippen LogP contribution is 2.37. The second-order valence-electron chi connectivity index (χ2n) is 5.73. The molecule has 0 bridgehead atoms. The van der Waals surface area contributed by atoms with E-state index in [1.54, 1.807) is 4.68 Å². The van der Waals surface area contributed by atoms with E-state index >= 15 is 0 Å². The summed E-state index contributed by atoms with van der Waals surface area (Å²) in [7, 11) is 0. The molecule has 0 spiro atoms. The van der Waals surface area contributed by atoms with Crippen molar-refractivity contribution in [3.8, 4) is 0 Å². The Kier molecular flexibility index (Phi) is 2.90. The van der Waals surface area contributed by atoms with Gasteiger partial charge in [-0.05, 0) is 31.4 Å². The van der Waals surface area contributed by atoms with E-state index in [-0.39, 0.29) is 5.56 Å². The van der Waals surface area contributed by atoms with Crippen molar-refractivity contribution in [2.75, 3.05) is 11.9 Å². The molecule has 21 heavy (non-hydrogen) atoms. The third-order valence-electron chi connectivity index (χ3n) is 4.45. The summed E-state index contributed by atoms with van der Waals surface area (Å²) in [6, 6.07) is 3.55. The second-order valence-corrected chi connectivity index (χ2v) is 5.73. The summed E-state index contributed by atoms with van der Waals surface area (Å²) in [6.45, 7) is 0.640. The monoisotopic (exact) mass is 290 g/mol. The lowest BCUT2D eigenvalue weighted by Crippen LogP contribution is -2.26. The molecule has 1 aromatic heterocycles. The fourth-order valence-electron chi connectivity index (χ4n) is 3.06. The molecule has 4 nitrogen and oxygen atoms in total. The van der Waals surface area contributed by atoms with E-state index in [1.165, 1.54) is 24.6 Å². The van der Waals surface area contributed by atoms with E-state index in [2.05, 4.69) is 15.4 Å². The molecule has 110 valence electrons. The molecule has 1 aliphatic heterocycles. The Morgan fingerprint density at radius 1 is 1.14 bits per heavy atom. The number of fused-ring (bicyclic) bond motifs is 1. The van der Waals surface area contributed by atoms with Gasteiger partial charge in [-0.1, -0.05) is 12.5 Å². The molecular formula is C15H16F2N4. The lowest BCUT2D eigenvalue weighted by atomic mass is 9.85. The Labute approximate surface area is 121 Å². The molecule has 1 aliphatic carbocycles. The maximum atomic E-state index is 14.0. The number of anilines is 1. The highest BCUT2D eigenvalue weighted by atomic mass is 19.1. The van der Waals surface area contributed by atoms with Crippen molar-refractivity contribution in [1.82, 2.24) is 14.8 Å². The van der Waals surface area contributed by atoms with Crippen molar-refractivity contribution in [2.24, 2.45) is 0 Å². The Morgan fingerprint density at radius 3 is 2.57 bits per heavy atom. The normalized spacial score (nSPS) is 21.5. The maximum absolute atomic E-state index is 14.0. The minimum atomic E-state index is -0.520. The Balaban J connectivity index is 1.77. The zero-order valence-corrected chi connectivity index (χ0v) is 11.5. The molecule has 2 aromatic rings. The summed E-state index contributed by atoms with van der Waals surface area (Å²) in [6.07, 6.45) is 4.00. The summed E-state index contributed by atoms with van der Waals surface area (Å²) < 4.78 is 29.8. The average molecular weight is 290 g/mol. The van der Waals surface area contributed by atoms with Crippen LogP contribution in [-0.4, -0.2) is 21.3 Å². The molecule has 0 radical (unpaired) electrons. The quantitative estimate of drug-likeness (QED) is 0.923. The van der Waals surface area contributed by atoms with Gasteiger partial charge >= 0.3 is 0 Å². The van der Waals surface area contributed by atoms with Crippen LogP contribution in [-0.2, 0) is 0 Å². The van der Waals surface area contributed by atoms with Crippen LogP contribution in [0.1, 0.15) is 49.0 Å². The van der Waals surface area contributed by atoms with Gasteiger partial charge in [-0.25, -0.2) is 13.5 Å². The van der Waals surface area contributed by atoms with Crippen LogP contribution in [0.25, 0.3) is 0 Å². The molecule has 4 rings (SSSR count). The average Bonchev–Trinajstić information content (AvgIpc) is 2.80. The van der Waals surface area contributed by atoms with Crippen LogP contribution in [0.4, 0.5) is 14.7 Å². The SMILES string of the molecule is Fc1cccc(F)c1C1CCNc2nc(C3CCC3)nn21. The van der Waals surface area contributed by atoms with Gasteiger partial charge in [-0.15, -0.1) is 0 Å². The van der Waals surface area contributed by atoms with Crippen molar-refractivity contribution in [2.45, 2.75) is 37.6 Å². The lowest BCUT2D eigenvalue weighted by molar-refractivity contribution is 0.389. The number of halogens is 2. The van der Waals surface area contributed by atoms with Gasteiger partial charge in [0.15, 0.2) is 5.82 Å². The number of hydrogen-bond donors (Lipinski definition) is 1. The van der Waals surface area contributed by atoms with E-state index in [9.17, 15) is 8.78 Å². The molecular weight excluding hydrogens is 274 g/mol. The molecule has 1 fully saturated rings. The van der Waals surface area contributed by atoms with E-state index in [0.717, 1.165) is 18.7 Å². The first-order chi connectivity index (χ1) is 10.2. The predicted molar refractivity (Wildman–Crippen MR) is 74.2 cm³/mol. The zero-order valence-electron chi connectivity index (χ0n) is 11.5. The number of nitrogens with one attached hydrogen (secondary N) is 1. The number of rotatable bonds is 2. The summed E-state index contributed by atoms with van der Waals surface area (Å²) in [4.78, 5) is 4.50. The van der Waals surface area contributed by atoms with Crippen molar-refractivity contribution < 1.29 is 8.78 Å². The zero-order chi connectivity index (χ0) is 14.4.